The molecule has 2 aromatic rings. The van der Waals surface area contributed by atoms with E-state index in [9.17, 15) is 4.79 Å². The summed E-state index contributed by atoms with van der Waals surface area (Å²) in [6, 6.07) is 11.1. The van der Waals surface area contributed by atoms with Crippen molar-refractivity contribution in [2.24, 2.45) is 0 Å². The Bertz CT molecular complexity index is 984. The minimum Gasteiger partial charge on any atom is -0.443 e. The maximum absolute atomic E-state index is 13.0. The smallest absolute Gasteiger partial charge is 0.275 e. The average molecular weight is 536 g/mol. The van der Waals surface area contributed by atoms with Crippen molar-refractivity contribution < 1.29 is 14.3 Å². The van der Waals surface area contributed by atoms with E-state index >= 15 is 0 Å². The fourth-order valence-electron chi connectivity index (χ4n) is 3.38. The molecule has 7 heteroatoms. The van der Waals surface area contributed by atoms with E-state index in [4.69, 9.17) is 32.7 Å². The van der Waals surface area contributed by atoms with Crippen LogP contribution in [0.15, 0.2) is 61.7 Å². The van der Waals surface area contributed by atoms with Gasteiger partial charge in [-0.1, -0.05) is 86.0 Å². The van der Waals surface area contributed by atoms with E-state index in [1.165, 1.54) is 6.42 Å². The number of carbonyl (C=O) groups excluding carboxylic acids is 1. The summed E-state index contributed by atoms with van der Waals surface area (Å²) in [6.07, 6.45) is 4.75. The van der Waals surface area contributed by atoms with Gasteiger partial charge in [0.2, 0.25) is 0 Å². The Kier molecular flexibility index (Phi) is 13.7. The summed E-state index contributed by atoms with van der Waals surface area (Å²) in [5.74, 6) is -0.516. The second-order valence-corrected chi connectivity index (χ2v) is 9.30. The number of halogens is 2. The molecule has 0 radical (unpaired) electrons. The van der Waals surface area contributed by atoms with Crippen LogP contribution in [0.5, 0.6) is 11.5 Å². The summed E-state index contributed by atoms with van der Waals surface area (Å²) in [6.45, 7) is 19.5. The van der Waals surface area contributed by atoms with Crippen LogP contribution in [-0.2, 0) is 5.79 Å². The standard InChI is InChI=1S/C20H20Cl2N2O3.C3H8.2C3H6/c1-20(13-6-4-3-5-7-13)26-17-15(21)12-14(16(22)18(17)27-20)19(25)24-10-8-23(2)9-11-24;3*1-3-2/h3-7,12H,8-11H2,1-2H3;3H2,1-2H3;2*3H,1H2,2H3. The Labute approximate surface area is 227 Å². The number of allylic oxidation sites excluding steroid dienone is 2. The third-order valence-electron chi connectivity index (χ3n) is 5.04. The number of fused-ring (bicyclic) bond motifs is 1. The Morgan fingerprint density at radius 3 is 1.97 bits per heavy atom. The van der Waals surface area contributed by atoms with Gasteiger partial charge >= 0.3 is 0 Å². The second kappa shape index (κ2) is 15.6. The Morgan fingerprint density at radius 2 is 1.47 bits per heavy atom. The number of piperazine rings is 1. The van der Waals surface area contributed by atoms with Crippen molar-refractivity contribution in [3.63, 3.8) is 0 Å². The van der Waals surface area contributed by atoms with E-state index in [2.05, 4.69) is 31.9 Å². The molecule has 1 saturated heterocycles. The third kappa shape index (κ3) is 8.29. The molecule has 0 bridgehead atoms. The lowest BCUT2D eigenvalue weighted by Gasteiger charge is -2.32. The van der Waals surface area contributed by atoms with E-state index in [1.54, 1.807) is 30.0 Å². The van der Waals surface area contributed by atoms with Crippen molar-refractivity contribution in [1.29, 1.82) is 0 Å². The highest BCUT2D eigenvalue weighted by atomic mass is 35.5. The SMILES string of the molecule is C=CC.C=CC.CCC.CN1CCN(C(=O)c2cc(Cl)c3c(c2Cl)OC(C)(c2ccccc2)O3)CC1. The molecule has 2 aliphatic rings. The minimum atomic E-state index is -1.05. The van der Waals surface area contributed by atoms with Gasteiger partial charge < -0.3 is 19.3 Å². The summed E-state index contributed by atoms with van der Waals surface area (Å²) in [5.41, 5.74) is 1.17. The molecule has 1 fully saturated rings. The number of rotatable bonds is 2. The number of amides is 1. The summed E-state index contributed by atoms with van der Waals surface area (Å²) in [5, 5.41) is 0.546. The van der Waals surface area contributed by atoms with E-state index in [1.807, 2.05) is 51.2 Å². The van der Waals surface area contributed by atoms with Gasteiger partial charge in [0, 0.05) is 38.7 Å². The van der Waals surface area contributed by atoms with Gasteiger partial charge in [0.1, 0.15) is 0 Å². The summed E-state index contributed by atoms with van der Waals surface area (Å²) >= 11 is 13.0. The Balaban J connectivity index is 0.000000633. The first-order chi connectivity index (χ1) is 17.1. The highest BCUT2D eigenvalue weighted by Crippen LogP contribution is 2.52. The quantitative estimate of drug-likeness (QED) is 0.368. The van der Waals surface area contributed by atoms with Crippen LogP contribution in [0.4, 0.5) is 0 Å². The van der Waals surface area contributed by atoms with Gasteiger partial charge in [-0.05, 0) is 27.0 Å². The molecule has 0 spiro atoms. The van der Waals surface area contributed by atoms with Gasteiger partial charge in [0.25, 0.3) is 11.7 Å². The number of ether oxygens (including phenoxy) is 2. The van der Waals surface area contributed by atoms with E-state index in [0.717, 1.165) is 18.7 Å². The zero-order valence-electron chi connectivity index (χ0n) is 22.4. The summed E-state index contributed by atoms with van der Waals surface area (Å²) < 4.78 is 12.1. The topological polar surface area (TPSA) is 42.0 Å². The van der Waals surface area contributed by atoms with Crippen molar-refractivity contribution in [2.75, 3.05) is 33.2 Å². The highest BCUT2D eigenvalue weighted by molar-refractivity contribution is 6.38. The number of hydrogen-bond acceptors (Lipinski definition) is 4. The minimum absolute atomic E-state index is 0.144. The van der Waals surface area contributed by atoms with E-state index in [-0.39, 0.29) is 10.9 Å². The molecule has 0 N–H and O–H groups in total. The summed E-state index contributed by atoms with van der Waals surface area (Å²) in [7, 11) is 2.04. The largest absolute Gasteiger partial charge is 0.443 e. The molecule has 4 rings (SSSR count). The van der Waals surface area contributed by atoms with Crippen LogP contribution in [-0.4, -0.2) is 48.9 Å². The zero-order valence-corrected chi connectivity index (χ0v) is 24.0. The van der Waals surface area contributed by atoms with Crippen molar-refractivity contribution in [1.82, 2.24) is 9.80 Å². The van der Waals surface area contributed by atoms with Crippen LogP contribution in [0.25, 0.3) is 0 Å². The van der Waals surface area contributed by atoms with Crippen molar-refractivity contribution in [2.45, 2.75) is 46.8 Å². The average Bonchev–Trinajstić information content (AvgIpc) is 3.23. The number of likely N-dealkylation sites (N-methyl/N-ethyl adjacent to an activating group) is 1. The molecule has 2 heterocycles. The molecule has 198 valence electrons. The van der Waals surface area contributed by atoms with Crippen molar-refractivity contribution >= 4 is 29.1 Å². The van der Waals surface area contributed by atoms with Gasteiger partial charge in [-0.15, -0.1) is 13.2 Å². The lowest BCUT2D eigenvalue weighted by atomic mass is 10.1. The molecular weight excluding hydrogens is 495 g/mol. The first-order valence-corrected chi connectivity index (χ1v) is 13.0. The van der Waals surface area contributed by atoms with Gasteiger partial charge in [0.15, 0.2) is 11.5 Å². The number of carbonyl (C=O) groups is 1. The van der Waals surface area contributed by atoms with Crippen molar-refractivity contribution in [3.05, 3.63) is 82.9 Å². The van der Waals surface area contributed by atoms with Crippen LogP contribution in [0.2, 0.25) is 10.0 Å². The zero-order chi connectivity index (χ0) is 27.3. The molecule has 2 aliphatic heterocycles. The van der Waals surface area contributed by atoms with Gasteiger partial charge in [-0.2, -0.15) is 0 Å². The molecule has 1 atom stereocenters. The van der Waals surface area contributed by atoms with Gasteiger partial charge in [-0.25, -0.2) is 0 Å². The predicted molar refractivity (Wildman–Crippen MR) is 153 cm³/mol. The lowest BCUT2D eigenvalue weighted by Crippen LogP contribution is -2.47. The van der Waals surface area contributed by atoms with Crippen LogP contribution in [0.1, 0.15) is 57.0 Å². The number of benzene rings is 2. The maximum atomic E-state index is 13.0. The maximum Gasteiger partial charge on any atom is 0.275 e. The molecule has 1 unspecified atom stereocenters. The molecular formula is C29H40Cl2N2O3. The molecule has 0 aliphatic carbocycles. The van der Waals surface area contributed by atoms with E-state index in [0.29, 0.717) is 35.2 Å². The first-order valence-electron chi connectivity index (χ1n) is 12.2. The molecule has 0 saturated carbocycles. The highest BCUT2D eigenvalue weighted by Gasteiger charge is 2.42. The third-order valence-corrected chi connectivity index (χ3v) is 5.70. The number of hydrogen-bond donors (Lipinski definition) is 0. The Hall–Kier alpha value is -2.47. The van der Waals surface area contributed by atoms with Crippen LogP contribution < -0.4 is 9.47 Å². The predicted octanol–water partition coefficient (Wildman–Crippen LogP) is 7.83. The van der Waals surface area contributed by atoms with Crippen LogP contribution >= 0.6 is 23.2 Å². The lowest BCUT2D eigenvalue weighted by molar-refractivity contribution is -0.0679. The van der Waals surface area contributed by atoms with Gasteiger partial charge in [0.05, 0.1) is 15.6 Å². The molecule has 0 aromatic heterocycles. The monoisotopic (exact) mass is 534 g/mol. The molecule has 36 heavy (non-hydrogen) atoms. The van der Waals surface area contributed by atoms with Gasteiger partial charge in [-0.3, -0.25) is 4.79 Å². The fourth-order valence-corrected chi connectivity index (χ4v) is 3.87. The molecule has 1 amide bonds. The Morgan fingerprint density at radius 1 is 1.00 bits per heavy atom. The van der Waals surface area contributed by atoms with Crippen LogP contribution in [0, 0.1) is 0 Å². The summed E-state index contributed by atoms with van der Waals surface area (Å²) in [4.78, 5) is 17.0. The normalized spacial score (nSPS) is 17.8. The first kappa shape index (κ1) is 31.6. The van der Waals surface area contributed by atoms with Crippen molar-refractivity contribution in [3.8, 4) is 11.5 Å². The number of nitrogens with zero attached hydrogens (tertiary/aromatic N) is 2. The molecule has 5 nitrogen and oxygen atoms in total. The van der Waals surface area contributed by atoms with Crippen LogP contribution in [0.3, 0.4) is 0 Å². The fraction of sp³-hybridized carbons (Fsp3) is 0.414. The second-order valence-electron chi connectivity index (χ2n) is 8.51. The molecule has 2 aromatic carbocycles. The van der Waals surface area contributed by atoms with E-state index < -0.39 is 5.79 Å².